The molecule has 2 fully saturated rings. The monoisotopic (exact) mass is 638 g/mol. The van der Waals surface area contributed by atoms with E-state index < -0.39 is 26.8 Å². The quantitative estimate of drug-likeness (QED) is 0.256. The SMILES string of the molecule is COCCN1CCC(C(=O)NOC2CCCCO2)(S(=O)(=O)c2ccc(OCCCc3cccc(Br)c3)cc2)CC1. The van der Waals surface area contributed by atoms with Crippen molar-refractivity contribution < 1.29 is 32.3 Å². The van der Waals surface area contributed by atoms with Gasteiger partial charge < -0.3 is 19.1 Å². The zero-order valence-corrected chi connectivity index (χ0v) is 25.4. The number of hydrogen-bond donors (Lipinski definition) is 1. The lowest BCUT2D eigenvalue weighted by molar-refractivity contribution is -0.202. The molecule has 1 unspecified atom stereocenters. The van der Waals surface area contributed by atoms with Crippen LogP contribution in [-0.2, 0) is 35.4 Å². The van der Waals surface area contributed by atoms with Crippen LogP contribution in [0.4, 0.5) is 0 Å². The van der Waals surface area contributed by atoms with Crippen LogP contribution in [0.3, 0.4) is 0 Å². The van der Waals surface area contributed by atoms with Gasteiger partial charge in [-0.05, 0) is 80.5 Å². The van der Waals surface area contributed by atoms with Crippen molar-refractivity contribution >= 4 is 31.7 Å². The van der Waals surface area contributed by atoms with Gasteiger partial charge in [0.1, 0.15) is 5.75 Å². The van der Waals surface area contributed by atoms with Gasteiger partial charge >= 0.3 is 0 Å². The van der Waals surface area contributed by atoms with E-state index in [0.29, 0.717) is 51.6 Å². The number of hydroxylamine groups is 1. The van der Waals surface area contributed by atoms with Crippen molar-refractivity contribution in [1.82, 2.24) is 10.4 Å². The first-order chi connectivity index (χ1) is 19.3. The number of carbonyl (C=O) groups excluding carboxylic acids is 1. The molecule has 0 radical (unpaired) electrons. The summed E-state index contributed by atoms with van der Waals surface area (Å²) in [5.41, 5.74) is 3.66. The molecule has 1 amide bonds. The largest absolute Gasteiger partial charge is 0.494 e. The van der Waals surface area contributed by atoms with E-state index in [0.717, 1.165) is 30.2 Å². The number of halogens is 1. The minimum Gasteiger partial charge on any atom is -0.494 e. The second kappa shape index (κ2) is 14.7. The lowest BCUT2D eigenvalue weighted by atomic mass is 9.95. The predicted octanol–water partition coefficient (Wildman–Crippen LogP) is 4.29. The molecule has 0 aromatic heterocycles. The number of benzene rings is 2. The van der Waals surface area contributed by atoms with Gasteiger partial charge in [-0.3, -0.25) is 4.79 Å². The summed E-state index contributed by atoms with van der Waals surface area (Å²) in [5.74, 6) is -0.0696. The molecule has 2 aromatic rings. The highest BCUT2D eigenvalue weighted by Crippen LogP contribution is 2.37. The Bertz CT molecular complexity index is 1200. The minimum atomic E-state index is -4.05. The summed E-state index contributed by atoms with van der Waals surface area (Å²) < 4.78 is 44.1. The molecule has 2 aromatic carbocycles. The van der Waals surface area contributed by atoms with Crippen LogP contribution in [0.5, 0.6) is 5.75 Å². The highest BCUT2D eigenvalue weighted by Gasteiger charge is 2.53. The molecule has 0 bridgehead atoms. The predicted molar refractivity (Wildman–Crippen MR) is 155 cm³/mol. The van der Waals surface area contributed by atoms with E-state index in [1.165, 1.54) is 17.7 Å². The van der Waals surface area contributed by atoms with E-state index in [1.54, 1.807) is 19.2 Å². The summed E-state index contributed by atoms with van der Waals surface area (Å²) in [6.07, 6.45) is 3.93. The highest BCUT2D eigenvalue weighted by atomic mass is 79.9. The number of aryl methyl sites for hydroxylation is 1. The van der Waals surface area contributed by atoms with Gasteiger partial charge in [0, 0.05) is 44.2 Å². The average molecular weight is 640 g/mol. The lowest BCUT2D eigenvalue weighted by Gasteiger charge is -2.40. The van der Waals surface area contributed by atoms with Crippen LogP contribution in [-0.4, -0.2) is 76.8 Å². The number of ether oxygens (including phenoxy) is 3. The maximum Gasteiger partial charge on any atom is 0.265 e. The molecule has 1 atom stereocenters. The second-order valence-corrected chi connectivity index (χ2v) is 13.4. The fraction of sp³-hybridized carbons (Fsp3) is 0.552. The van der Waals surface area contributed by atoms with Crippen LogP contribution in [0.25, 0.3) is 0 Å². The normalized spacial score (nSPS) is 19.7. The first kappa shape index (κ1) is 30.9. The van der Waals surface area contributed by atoms with Gasteiger partial charge in [-0.1, -0.05) is 28.1 Å². The van der Waals surface area contributed by atoms with Gasteiger partial charge in [-0.2, -0.15) is 0 Å². The third-order valence-electron chi connectivity index (χ3n) is 7.53. The molecule has 0 aliphatic carbocycles. The molecule has 220 valence electrons. The summed E-state index contributed by atoms with van der Waals surface area (Å²) in [4.78, 5) is 21.3. The molecule has 2 heterocycles. The van der Waals surface area contributed by atoms with E-state index in [4.69, 9.17) is 19.0 Å². The minimum absolute atomic E-state index is 0.0865. The van der Waals surface area contributed by atoms with Crippen molar-refractivity contribution in [2.75, 3.05) is 46.6 Å². The van der Waals surface area contributed by atoms with Crippen LogP contribution in [0.15, 0.2) is 57.9 Å². The van der Waals surface area contributed by atoms with Crippen molar-refractivity contribution in [2.45, 2.75) is 60.9 Å². The number of rotatable bonds is 13. The lowest BCUT2D eigenvalue weighted by Crippen LogP contribution is -2.58. The Kier molecular flexibility index (Phi) is 11.4. The number of nitrogens with one attached hydrogen (secondary N) is 1. The summed E-state index contributed by atoms with van der Waals surface area (Å²) in [6, 6.07) is 14.5. The number of sulfone groups is 1. The molecule has 2 saturated heterocycles. The Morgan fingerprint density at radius 2 is 1.90 bits per heavy atom. The molecule has 11 heteroatoms. The number of piperidine rings is 1. The van der Waals surface area contributed by atoms with Crippen molar-refractivity contribution in [3.8, 4) is 5.75 Å². The maximum atomic E-state index is 14.0. The number of nitrogens with zero attached hydrogens (tertiary/aromatic N) is 1. The van der Waals surface area contributed by atoms with E-state index in [-0.39, 0.29) is 17.7 Å². The molecular formula is C29H39BrN2O7S. The summed E-state index contributed by atoms with van der Waals surface area (Å²) in [7, 11) is -2.42. The maximum absolute atomic E-state index is 14.0. The Balaban J connectivity index is 1.42. The van der Waals surface area contributed by atoms with Crippen LogP contribution in [0.1, 0.15) is 44.1 Å². The molecule has 40 heavy (non-hydrogen) atoms. The summed E-state index contributed by atoms with van der Waals surface area (Å²) in [6.45, 7) is 3.18. The van der Waals surface area contributed by atoms with Crippen molar-refractivity contribution in [2.24, 2.45) is 0 Å². The molecule has 2 aliphatic rings. The van der Waals surface area contributed by atoms with E-state index in [1.807, 2.05) is 12.1 Å². The van der Waals surface area contributed by atoms with Crippen molar-refractivity contribution in [3.63, 3.8) is 0 Å². The summed E-state index contributed by atoms with van der Waals surface area (Å²) in [5, 5.41) is 0. The zero-order valence-electron chi connectivity index (χ0n) is 23.0. The van der Waals surface area contributed by atoms with E-state index in [2.05, 4.69) is 38.4 Å². The third-order valence-corrected chi connectivity index (χ3v) is 10.5. The van der Waals surface area contributed by atoms with E-state index >= 15 is 0 Å². The van der Waals surface area contributed by atoms with Crippen LogP contribution < -0.4 is 10.2 Å². The standard InChI is InChI=1S/C29H39BrN2O7S/c1-36-21-18-32-16-14-29(15-17-32,28(33)31-39-27-9-2-3-19-38-27)40(34,35)26-12-10-25(11-13-26)37-20-5-7-23-6-4-8-24(30)22-23/h4,6,8,10-13,22,27H,2-3,5,7,9,14-21H2,1H3,(H,31,33). The molecule has 2 aliphatic heterocycles. The number of carbonyl (C=O) groups is 1. The number of amides is 1. The topological polar surface area (TPSA) is 103 Å². The molecule has 0 spiro atoms. The molecule has 1 N–H and O–H groups in total. The van der Waals surface area contributed by atoms with E-state index in [9.17, 15) is 13.2 Å². The first-order valence-electron chi connectivity index (χ1n) is 13.8. The Morgan fingerprint density at radius 3 is 2.58 bits per heavy atom. The molecule has 4 rings (SSSR count). The van der Waals surface area contributed by atoms with Crippen LogP contribution in [0.2, 0.25) is 0 Å². The first-order valence-corrected chi connectivity index (χ1v) is 16.1. The average Bonchev–Trinajstić information content (AvgIpc) is 2.98. The zero-order chi connectivity index (χ0) is 28.4. The molecule has 0 saturated carbocycles. The third kappa shape index (κ3) is 7.83. The second-order valence-electron chi connectivity index (χ2n) is 10.2. The molecular weight excluding hydrogens is 600 g/mol. The van der Waals surface area contributed by atoms with Gasteiger partial charge in [-0.25, -0.2) is 18.7 Å². The van der Waals surface area contributed by atoms with Crippen molar-refractivity contribution in [1.29, 1.82) is 0 Å². The van der Waals surface area contributed by atoms with Gasteiger partial charge in [0.2, 0.25) is 0 Å². The Hall–Kier alpha value is -2.02. The van der Waals surface area contributed by atoms with Gasteiger partial charge in [0.25, 0.3) is 5.91 Å². The molecule has 9 nitrogen and oxygen atoms in total. The van der Waals surface area contributed by atoms with Gasteiger partial charge in [0.05, 0.1) is 18.1 Å². The number of likely N-dealkylation sites (tertiary alicyclic amines) is 1. The van der Waals surface area contributed by atoms with Crippen molar-refractivity contribution in [3.05, 3.63) is 58.6 Å². The fourth-order valence-corrected chi connectivity index (χ4v) is 7.49. The smallest absolute Gasteiger partial charge is 0.265 e. The van der Waals surface area contributed by atoms with Gasteiger partial charge in [-0.15, -0.1) is 0 Å². The number of hydrogen-bond acceptors (Lipinski definition) is 8. The van der Waals surface area contributed by atoms with Crippen LogP contribution in [0, 0.1) is 0 Å². The fourth-order valence-electron chi connectivity index (χ4n) is 5.09. The summed E-state index contributed by atoms with van der Waals surface area (Å²) >= 11 is 3.49. The van der Waals surface area contributed by atoms with Gasteiger partial charge in [0.15, 0.2) is 20.9 Å². The Morgan fingerprint density at radius 1 is 1.12 bits per heavy atom. The van der Waals surface area contributed by atoms with Crippen LogP contribution >= 0.6 is 15.9 Å². The number of methoxy groups -OCH3 is 1. The Labute approximate surface area is 245 Å². The highest BCUT2D eigenvalue weighted by molar-refractivity contribution is 9.10.